The highest BCUT2D eigenvalue weighted by atomic mass is 32.2. The molecule has 2 N–H and O–H groups in total. The Balaban J connectivity index is 2.51. The molecule has 1 saturated carbocycles. The predicted octanol–water partition coefficient (Wildman–Crippen LogP) is 1.57. The van der Waals surface area contributed by atoms with Crippen molar-refractivity contribution < 1.29 is 4.21 Å². The molecule has 3 unspecified atom stereocenters. The van der Waals surface area contributed by atoms with Gasteiger partial charge in [0.05, 0.1) is 0 Å². The van der Waals surface area contributed by atoms with Gasteiger partial charge in [0.2, 0.25) is 0 Å². The number of aliphatic imine (C=N–C) groups is 1. The molecule has 0 aromatic rings. The molecule has 0 aliphatic heterocycles. The van der Waals surface area contributed by atoms with Crippen LogP contribution in [-0.2, 0) is 10.8 Å². The average molecular weight is 331 g/mol. The van der Waals surface area contributed by atoms with E-state index in [4.69, 9.17) is 0 Å². The van der Waals surface area contributed by atoms with Gasteiger partial charge in [-0.1, -0.05) is 13.3 Å². The molecule has 1 aliphatic carbocycles. The van der Waals surface area contributed by atoms with Crippen molar-refractivity contribution in [1.29, 1.82) is 0 Å². The first-order chi connectivity index (χ1) is 10.3. The van der Waals surface area contributed by atoms with Crippen LogP contribution in [0.2, 0.25) is 0 Å². The van der Waals surface area contributed by atoms with E-state index in [1.165, 1.54) is 0 Å². The van der Waals surface area contributed by atoms with E-state index in [0.29, 0.717) is 11.3 Å². The van der Waals surface area contributed by atoms with Gasteiger partial charge in [-0.3, -0.25) is 9.20 Å². The molecule has 0 saturated heterocycles. The predicted molar refractivity (Wildman–Crippen MR) is 97.0 cm³/mol. The topological polar surface area (TPSA) is 56.7 Å². The zero-order valence-corrected chi connectivity index (χ0v) is 15.9. The van der Waals surface area contributed by atoms with Crippen LogP contribution in [0.4, 0.5) is 0 Å². The van der Waals surface area contributed by atoms with E-state index in [1.54, 1.807) is 0 Å². The Morgan fingerprint density at radius 3 is 2.59 bits per heavy atom. The van der Waals surface area contributed by atoms with Gasteiger partial charge in [0, 0.05) is 47.0 Å². The Kier molecular flexibility index (Phi) is 7.83. The van der Waals surface area contributed by atoms with Crippen molar-refractivity contribution in [3.8, 4) is 0 Å². The van der Waals surface area contributed by atoms with Crippen molar-refractivity contribution in [2.24, 2.45) is 4.99 Å². The Morgan fingerprint density at radius 1 is 1.36 bits per heavy atom. The largest absolute Gasteiger partial charge is 0.355 e. The molecule has 0 aromatic carbocycles. The zero-order chi connectivity index (χ0) is 16.8. The molecule has 1 fully saturated rings. The van der Waals surface area contributed by atoms with E-state index in [9.17, 15) is 4.21 Å². The normalized spacial score (nSPS) is 25.1. The lowest BCUT2D eigenvalue weighted by Gasteiger charge is -2.34. The second-order valence-electron chi connectivity index (χ2n) is 6.93. The SMILES string of the molecule is CCS(=O)C1CCCC(NC(=NC)NCC(C)(C)N(C)C)C1. The number of guanidine groups is 1. The number of nitrogens with one attached hydrogen (secondary N) is 2. The number of hydrogen-bond acceptors (Lipinski definition) is 3. The van der Waals surface area contributed by atoms with Crippen LogP contribution in [0.15, 0.2) is 4.99 Å². The van der Waals surface area contributed by atoms with Crippen molar-refractivity contribution in [1.82, 2.24) is 15.5 Å². The summed E-state index contributed by atoms with van der Waals surface area (Å²) in [6.07, 6.45) is 4.36. The highest BCUT2D eigenvalue weighted by Crippen LogP contribution is 2.23. The van der Waals surface area contributed by atoms with Crippen molar-refractivity contribution in [3.63, 3.8) is 0 Å². The van der Waals surface area contributed by atoms with Gasteiger partial charge in [-0.2, -0.15) is 0 Å². The van der Waals surface area contributed by atoms with E-state index in [-0.39, 0.29) is 5.54 Å². The van der Waals surface area contributed by atoms with Crippen LogP contribution in [-0.4, -0.2) is 65.3 Å². The Bertz CT molecular complexity index is 396. The highest BCUT2D eigenvalue weighted by molar-refractivity contribution is 7.85. The van der Waals surface area contributed by atoms with Crippen LogP contribution in [0.3, 0.4) is 0 Å². The molecule has 22 heavy (non-hydrogen) atoms. The van der Waals surface area contributed by atoms with Crippen LogP contribution >= 0.6 is 0 Å². The van der Waals surface area contributed by atoms with E-state index in [2.05, 4.69) is 48.5 Å². The minimum atomic E-state index is -0.682. The third-order valence-corrected chi connectivity index (χ3v) is 6.49. The Morgan fingerprint density at radius 2 is 2.05 bits per heavy atom. The number of rotatable bonds is 6. The molecule has 0 heterocycles. The van der Waals surface area contributed by atoms with Gasteiger partial charge in [0.25, 0.3) is 0 Å². The van der Waals surface area contributed by atoms with Crippen LogP contribution in [0.25, 0.3) is 0 Å². The smallest absolute Gasteiger partial charge is 0.191 e. The second kappa shape index (κ2) is 8.87. The fourth-order valence-corrected chi connectivity index (χ4v) is 3.94. The van der Waals surface area contributed by atoms with Gasteiger partial charge in [-0.25, -0.2) is 0 Å². The molecule has 5 nitrogen and oxygen atoms in total. The van der Waals surface area contributed by atoms with Gasteiger partial charge in [0.15, 0.2) is 5.96 Å². The minimum absolute atomic E-state index is 0.0659. The molecule has 0 bridgehead atoms. The summed E-state index contributed by atoms with van der Waals surface area (Å²) in [5.74, 6) is 1.62. The first-order valence-corrected chi connectivity index (χ1v) is 9.70. The molecular formula is C16H34N4OS. The summed E-state index contributed by atoms with van der Waals surface area (Å²) in [5, 5.41) is 7.27. The Labute approximate surface area is 138 Å². The molecule has 1 rings (SSSR count). The van der Waals surface area contributed by atoms with Crippen LogP contribution < -0.4 is 10.6 Å². The maximum absolute atomic E-state index is 12.0. The summed E-state index contributed by atoms with van der Waals surface area (Å²) in [4.78, 5) is 6.54. The maximum Gasteiger partial charge on any atom is 0.191 e. The summed E-state index contributed by atoms with van der Waals surface area (Å²) < 4.78 is 12.0. The van der Waals surface area contributed by atoms with Gasteiger partial charge < -0.3 is 15.5 Å². The van der Waals surface area contributed by atoms with Gasteiger partial charge >= 0.3 is 0 Å². The van der Waals surface area contributed by atoms with Crippen LogP contribution in [0.5, 0.6) is 0 Å². The van der Waals surface area contributed by atoms with Crippen molar-refractivity contribution >= 4 is 16.8 Å². The maximum atomic E-state index is 12.0. The van der Waals surface area contributed by atoms with E-state index >= 15 is 0 Å². The first kappa shape index (κ1) is 19.4. The van der Waals surface area contributed by atoms with Crippen LogP contribution in [0, 0.1) is 0 Å². The monoisotopic (exact) mass is 330 g/mol. The minimum Gasteiger partial charge on any atom is -0.355 e. The van der Waals surface area contributed by atoms with E-state index in [0.717, 1.165) is 43.9 Å². The molecule has 6 heteroatoms. The quantitative estimate of drug-likeness (QED) is 0.573. The lowest BCUT2D eigenvalue weighted by atomic mass is 9.95. The summed E-state index contributed by atoms with van der Waals surface area (Å²) in [6.45, 7) is 7.25. The van der Waals surface area contributed by atoms with Gasteiger partial charge in [-0.15, -0.1) is 0 Å². The molecule has 0 radical (unpaired) electrons. The molecular weight excluding hydrogens is 296 g/mol. The lowest BCUT2D eigenvalue weighted by molar-refractivity contribution is 0.197. The summed E-state index contributed by atoms with van der Waals surface area (Å²) in [5.41, 5.74) is 0.0659. The summed E-state index contributed by atoms with van der Waals surface area (Å²) in [6, 6.07) is 0.378. The van der Waals surface area contributed by atoms with E-state index in [1.807, 2.05) is 14.0 Å². The number of hydrogen-bond donors (Lipinski definition) is 2. The molecule has 0 spiro atoms. The average Bonchev–Trinajstić information content (AvgIpc) is 2.50. The van der Waals surface area contributed by atoms with Crippen molar-refractivity contribution in [2.45, 2.75) is 63.3 Å². The standard InChI is InChI=1S/C16H34N4OS/c1-7-22(21)14-10-8-9-13(11-14)19-15(17-4)18-12-16(2,3)20(5)6/h13-14H,7-12H2,1-6H3,(H2,17,18,19). The Hall–Kier alpha value is -0.620. The molecule has 0 amide bonds. The lowest BCUT2D eigenvalue weighted by Crippen LogP contribution is -2.53. The van der Waals surface area contributed by atoms with Crippen molar-refractivity contribution in [2.75, 3.05) is 33.4 Å². The molecule has 0 aromatic heterocycles. The zero-order valence-electron chi connectivity index (χ0n) is 15.1. The second-order valence-corrected chi connectivity index (χ2v) is 8.94. The summed E-state index contributed by atoms with van der Waals surface area (Å²) in [7, 11) is 5.30. The van der Waals surface area contributed by atoms with Gasteiger partial charge in [-0.05, 0) is 47.2 Å². The van der Waals surface area contributed by atoms with E-state index < -0.39 is 10.8 Å². The third-order valence-electron chi connectivity index (χ3n) is 4.75. The summed E-state index contributed by atoms with van der Waals surface area (Å²) >= 11 is 0. The number of likely N-dealkylation sites (N-methyl/N-ethyl adjacent to an activating group) is 1. The molecule has 1 aliphatic rings. The van der Waals surface area contributed by atoms with Crippen molar-refractivity contribution in [3.05, 3.63) is 0 Å². The number of nitrogens with zero attached hydrogens (tertiary/aromatic N) is 2. The fraction of sp³-hybridized carbons (Fsp3) is 0.938. The van der Waals surface area contributed by atoms with Crippen LogP contribution in [0.1, 0.15) is 46.5 Å². The fourth-order valence-electron chi connectivity index (χ4n) is 2.60. The highest BCUT2D eigenvalue weighted by Gasteiger charge is 2.26. The first-order valence-electron chi connectivity index (χ1n) is 8.32. The third kappa shape index (κ3) is 5.88. The molecule has 130 valence electrons. The van der Waals surface area contributed by atoms with Gasteiger partial charge in [0.1, 0.15) is 0 Å². The molecule has 3 atom stereocenters.